The van der Waals surface area contributed by atoms with Gasteiger partial charge in [0.25, 0.3) is 17.4 Å². The van der Waals surface area contributed by atoms with Crippen LogP contribution >= 0.6 is 0 Å². The molecule has 0 saturated carbocycles. The lowest BCUT2D eigenvalue weighted by atomic mass is 9.95. The predicted octanol–water partition coefficient (Wildman–Crippen LogP) is 4.77. The van der Waals surface area contributed by atoms with Crippen LogP contribution in [0.15, 0.2) is 72.4 Å². The number of hydrogen-bond acceptors (Lipinski definition) is 8. The molecule has 0 radical (unpaired) electrons. The van der Waals surface area contributed by atoms with E-state index in [0.29, 0.717) is 29.2 Å². The van der Waals surface area contributed by atoms with Gasteiger partial charge in [0.1, 0.15) is 11.5 Å². The number of nitrogens with one attached hydrogen (secondary N) is 1. The van der Waals surface area contributed by atoms with E-state index in [9.17, 15) is 24.8 Å². The number of aliphatic hydroxyl groups excluding tert-OH is 1. The lowest BCUT2D eigenvalue weighted by Gasteiger charge is -2.25. The average molecular weight is 558 g/mol. The number of methoxy groups -OCH3 is 3. The number of non-ortho nitro benzene ring substituents is 1. The van der Waals surface area contributed by atoms with E-state index in [1.54, 1.807) is 19.2 Å². The molecule has 1 saturated heterocycles. The number of carbonyl (C=O) groups excluding carboxylic acids is 2. The summed E-state index contributed by atoms with van der Waals surface area (Å²) in [5.41, 5.74) is 2.22. The topological polar surface area (TPSA) is 144 Å². The first kappa shape index (κ1) is 27.3. The van der Waals surface area contributed by atoms with Crippen molar-refractivity contribution in [2.75, 3.05) is 27.9 Å². The van der Waals surface area contributed by atoms with Crippen molar-refractivity contribution in [2.24, 2.45) is 0 Å². The van der Waals surface area contributed by atoms with Crippen molar-refractivity contribution in [1.82, 2.24) is 9.88 Å². The van der Waals surface area contributed by atoms with Gasteiger partial charge in [-0.2, -0.15) is 0 Å². The Morgan fingerprint density at radius 3 is 2.37 bits per heavy atom. The number of likely N-dealkylation sites (tertiary alicyclic amines) is 1. The van der Waals surface area contributed by atoms with E-state index in [1.165, 1.54) is 49.5 Å². The van der Waals surface area contributed by atoms with Crippen LogP contribution in [0.25, 0.3) is 16.7 Å². The summed E-state index contributed by atoms with van der Waals surface area (Å²) in [6.45, 7) is 0.138. The van der Waals surface area contributed by atoms with E-state index in [2.05, 4.69) is 4.98 Å². The number of nitrogens with zero attached hydrogens (tertiary/aromatic N) is 2. The maximum absolute atomic E-state index is 13.4. The van der Waals surface area contributed by atoms with Crippen molar-refractivity contribution in [3.8, 4) is 17.2 Å². The summed E-state index contributed by atoms with van der Waals surface area (Å²) in [6.07, 6.45) is 2.23. The number of Topliss-reactive ketones (excluding diaryl/α,β-unsaturated/α-hetero) is 1. The number of rotatable bonds is 9. The van der Waals surface area contributed by atoms with Gasteiger partial charge in [-0.05, 0) is 66.1 Å². The smallest absolute Gasteiger partial charge is 0.295 e. The third-order valence-electron chi connectivity index (χ3n) is 7.21. The van der Waals surface area contributed by atoms with E-state index >= 15 is 0 Å². The Morgan fingerprint density at radius 2 is 1.71 bits per heavy atom. The number of H-pyrrole nitrogens is 1. The Morgan fingerprint density at radius 1 is 0.976 bits per heavy atom. The molecule has 1 aromatic heterocycles. The van der Waals surface area contributed by atoms with E-state index in [4.69, 9.17) is 14.2 Å². The minimum Gasteiger partial charge on any atom is -0.507 e. The molecule has 210 valence electrons. The molecule has 11 nitrogen and oxygen atoms in total. The van der Waals surface area contributed by atoms with Gasteiger partial charge in [-0.3, -0.25) is 19.7 Å². The fourth-order valence-corrected chi connectivity index (χ4v) is 5.11. The monoisotopic (exact) mass is 557 g/mol. The standard InChI is InChI=1S/C30H27N3O8/c1-39-21-9-10-23-22(15-21)19(16-31-23)12-13-32-27(17-4-7-20(8-5-17)33(37)38)26(29(35)30(32)36)28(34)18-6-11-24(40-2)25(14-18)41-3/h4-11,14-16,27,31,34H,12-13H2,1-3H3/b28-26-. The van der Waals surface area contributed by atoms with Crippen LogP contribution in [0.4, 0.5) is 5.69 Å². The van der Waals surface area contributed by atoms with Gasteiger partial charge in [0.2, 0.25) is 0 Å². The van der Waals surface area contributed by atoms with Gasteiger partial charge in [-0.15, -0.1) is 0 Å². The van der Waals surface area contributed by atoms with Crippen LogP contribution in [0.3, 0.4) is 0 Å². The Kier molecular flexibility index (Phi) is 7.34. The lowest BCUT2D eigenvalue weighted by Crippen LogP contribution is -2.31. The summed E-state index contributed by atoms with van der Waals surface area (Å²) >= 11 is 0. The summed E-state index contributed by atoms with van der Waals surface area (Å²) < 4.78 is 16.0. The minimum absolute atomic E-state index is 0.128. The number of aliphatic hydroxyl groups is 1. The van der Waals surface area contributed by atoms with Crippen molar-refractivity contribution in [2.45, 2.75) is 12.5 Å². The van der Waals surface area contributed by atoms with E-state index in [0.717, 1.165) is 16.5 Å². The van der Waals surface area contributed by atoms with Crippen LogP contribution in [0.2, 0.25) is 0 Å². The third-order valence-corrected chi connectivity index (χ3v) is 7.21. The summed E-state index contributed by atoms with van der Waals surface area (Å²) in [4.78, 5) is 42.2. The first-order valence-electron chi connectivity index (χ1n) is 12.7. The molecule has 1 amide bonds. The summed E-state index contributed by atoms with van der Waals surface area (Å²) in [5, 5.41) is 23.6. The zero-order valence-electron chi connectivity index (χ0n) is 22.5. The molecule has 0 spiro atoms. The Labute approximate surface area is 234 Å². The van der Waals surface area contributed by atoms with Gasteiger partial charge in [0.15, 0.2) is 11.5 Å². The molecule has 41 heavy (non-hydrogen) atoms. The van der Waals surface area contributed by atoms with Crippen LogP contribution in [0, 0.1) is 10.1 Å². The maximum Gasteiger partial charge on any atom is 0.295 e. The van der Waals surface area contributed by atoms with Crippen LogP contribution in [0.5, 0.6) is 17.2 Å². The van der Waals surface area contributed by atoms with E-state index in [1.807, 2.05) is 24.4 Å². The number of hydrogen-bond donors (Lipinski definition) is 2. The van der Waals surface area contributed by atoms with Crippen LogP contribution in [-0.4, -0.2) is 59.5 Å². The van der Waals surface area contributed by atoms with Crippen LogP contribution < -0.4 is 14.2 Å². The van der Waals surface area contributed by atoms with Crippen molar-refractivity contribution in [3.05, 3.63) is 99.2 Å². The van der Waals surface area contributed by atoms with Crippen LogP contribution in [0.1, 0.15) is 22.7 Å². The van der Waals surface area contributed by atoms with E-state index < -0.39 is 28.4 Å². The molecular weight excluding hydrogens is 530 g/mol. The molecule has 5 rings (SSSR count). The maximum atomic E-state index is 13.4. The first-order valence-corrected chi connectivity index (χ1v) is 12.7. The molecule has 1 aliphatic rings. The van der Waals surface area contributed by atoms with Crippen molar-refractivity contribution < 1.29 is 33.8 Å². The molecule has 11 heteroatoms. The van der Waals surface area contributed by atoms with Gasteiger partial charge in [0, 0.05) is 41.3 Å². The molecule has 3 aromatic carbocycles. The molecule has 0 bridgehead atoms. The molecule has 1 aliphatic heterocycles. The number of benzene rings is 3. The summed E-state index contributed by atoms with van der Waals surface area (Å²) in [7, 11) is 4.49. The predicted molar refractivity (Wildman–Crippen MR) is 150 cm³/mol. The SMILES string of the molecule is COc1ccc2[nH]cc(CCN3C(=O)C(=O)/C(=C(\O)c4ccc(OC)c(OC)c4)C3c3ccc([N+](=O)[O-])cc3)c2c1. The number of carbonyl (C=O) groups is 2. The molecule has 1 atom stereocenters. The molecule has 0 aliphatic carbocycles. The minimum atomic E-state index is -0.983. The van der Waals surface area contributed by atoms with Crippen molar-refractivity contribution >= 4 is 34.0 Å². The number of nitro benzene ring substituents is 1. The molecule has 1 fully saturated rings. The number of aromatic amines is 1. The van der Waals surface area contributed by atoms with Gasteiger partial charge < -0.3 is 29.2 Å². The number of ether oxygens (including phenoxy) is 3. The lowest BCUT2D eigenvalue weighted by molar-refractivity contribution is -0.384. The highest BCUT2D eigenvalue weighted by Crippen LogP contribution is 2.41. The highest BCUT2D eigenvalue weighted by Gasteiger charge is 2.46. The van der Waals surface area contributed by atoms with Crippen molar-refractivity contribution in [1.29, 1.82) is 0 Å². The van der Waals surface area contributed by atoms with Gasteiger partial charge in [-0.1, -0.05) is 0 Å². The highest BCUT2D eigenvalue weighted by atomic mass is 16.6. The molecule has 2 N–H and O–H groups in total. The second kappa shape index (κ2) is 11.0. The highest BCUT2D eigenvalue weighted by molar-refractivity contribution is 6.46. The molecule has 1 unspecified atom stereocenters. The normalized spacial score (nSPS) is 16.3. The summed E-state index contributed by atoms with van der Waals surface area (Å²) in [5.74, 6) is -0.611. The largest absolute Gasteiger partial charge is 0.507 e. The second-order valence-corrected chi connectivity index (χ2v) is 9.39. The third kappa shape index (κ3) is 4.93. The number of aromatic nitrogens is 1. The number of fused-ring (bicyclic) bond motifs is 1. The van der Waals surface area contributed by atoms with Crippen LogP contribution in [-0.2, 0) is 16.0 Å². The Bertz CT molecular complexity index is 1690. The average Bonchev–Trinajstić information content (AvgIpc) is 3.52. The Balaban J connectivity index is 1.58. The summed E-state index contributed by atoms with van der Waals surface area (Å²) in [6, 6.07) is 14.9. The quantitative estimate of drug-likeness (QED) is 0.0985. The van der Waals surface area contributed by atoms with E-state index in [-0.39, 0.29) is 23.4 Å². The van der Waals surface area contributed by atoms with Gasteiger partial charge in [0.05, 0.1) is 37.9 Å². The number of ketones is 1. The Hall–Kier alpha value is -5.32. The van der Waals surface area contributed by atoms with Crippen molar-refractivity contribution in [3.63, 3.8) is 0 Å². The number of amides is 1. The number of nitro groups is 1. The fourth-order valence-electron chi connectivity index (χ4n) is 5.11. The first-order chi connectivity index (χ1) is 19.8. The van der Waals surface area contributed by atoms with Gasteiger partial charge >= 0.3 is 0 Å². The molecule has 4 aromatic rings. The second-order valence-electron chi connectivity index (χ2n) is 9.39. The molecule has 2 heterocycles. The zero-order valence-corrected chi connectivity index (χ0v) is 22.5. The molecular formula is C30H27N3O8. The zero-order chi connectivity index (χ0) is 29.3. The fraction of sp³-hybridized carbons (Fsp3) is 0.200. The van der Waals surface area contributed by atoms with Gasteiger partial charge in [-0.25, -0.2) is 0 Å².